The first-order chi connectivity index (χ1) is 11.2. The van der Waals surface area contributed by atoms with Crippen molar-refractivity contribution in [3.05, 3.63) is 65.5 Å². The Balaban J connectivity index is 2.28. The highest BCUT2D eigenvalue weighted by atomic mass is 19.1. The molecule has 0 aliphatic rings. The molecule has 23 heavy (non-hydrogen) atoms. The lowest BCUT2D eigenvalue weighted by molar-refractivity contribution is -0.114. The molecule has 120 valence electrons. The zero-order valence-electron chi connectivity index (χ0n) is 12.9. The Kier molecular flexibility index (Phi) is 5.68. The normalized spacial score (nSPS) is 11.0. The van der Waals surface area contributed by atoms with Gasteiger partial charge in [0.25, 0.3) is 5.91 Å². The van der Waals surface area contributed by atoms with Crippen LogP contribution in [0.5, 0.6) is 5.75 Å². The lowest BCUT2D eigenvalue weighted by Crippen LogP contribution is -2.29. The number of benzene rings is 2. The van der Waals surface area contributed by atoms with Gasteiger partial charge in [0.15, 0.2) is 17.3 Å². The first kappa shape index (κ1) is 16.5. The summed E-state index contributed by atoms with van der Waals surface area (Å²) >= 11 is 0. The Bertz CT molecular complexity index is 716. The van der Waals surface area contributed by atoms with Gasteiger partial charge < -0.3 is 14.9 Å². The standard InChI is InChI=1S/C17H17FN2O3/c1-19-17(21)16(20-22-2)13-8-4-3-7-12(13)11-23-15-10-6-5-9-14(15)18/h3-10H,11H2,1-2H3,(H,19,21). The van der Waals surface area contributed by atoms with E-state index in [1.165, 1.54) is 20.2 Å². The highest BCUT2D eigenvalue weighted by Crippen LogP contribution is 2.19. The van der Waals surface area contributed by atoms with Crippen LogP contribution in [0.4, 0.5) is 4.39 Å². The van der Waals surface area contributed by atoms with Crippen molar-refractivity contribution in [1.29, 1.82) is 0 Å². The molecule has 1 N–H and O–H groups in total. The average Bonchev–Trinajstić information content (AvgIpc) is 2.59. The molecule has 0 unspecified atom stereocenters. The van der Waals surface area contributed by atoms with Crippen molar-refractivity contribution in [2.45, 2.75) is 6.61 Å². The van der Waals surface area contributed by atoms with Gasteiger partial charge in [-0.2, -0.15) is 0 Å². The number of nitrogens with one attached hydrogen (secondary N) is 1. The minimum atomic E-state index is -0.443. The number of para-hydroxylation sites is 1. The third-order valence-corrected chi connectivity index (χ3v) is 3.12. The maximum Gasteiger partial charge on any atom is 0.273 e. The number of carbonyl (C=O) groups is 1. The van der Waals surface area contributed by atoms with Gasteiger partial charge in [-0.15, -0.1) is 0 Å². The summed E-state index contributed by atoms with van der Waals surface area (Å²) in [6.45, 7) is 0.0941. The van der Waals surface area contributed by atoms with E-state index in [9.17, 15) is 9.18 Å². The van der Waals surface area contributed by atoms with Crippen LogP contribution >= 0.6 is 0 Å². The summed E-state index contributed by atoms with van der Waals surface area (Å²) < 4.78 is 19.1. The van der Waals surface area contributed by atoms with Crippen LogP contribution < -0.4 is 10.1 Å². The number of oxime groups is 1. The maximum atomic E-state index is 13.6. The van der Waals surface area contributed by atoms with Crippen LogP contribution in [0.1, 0.15) is 11.1 Å². The molecule has 0 heterocycles. The number of carbonyl (C=O) groups excluding carboxylic acids is 1. The fourth-order valence-corrected chi connectivity index (χ4v) is 2.02. The van der Waals surface area contributed by atoms with Crippen molar-refractivity contribution in [2.75, 3.05) is 14.2 Å². The monoisotopic (exact) mass is 316 g/mol. The van der Waals surface area contributed by atoms with Gasteiger partial charge in [0, 0.05) is 12.6 Å². The molecule has 2 aromatic carbocycles. The Morgan fingerprint density at radius 2 is 1.87 bits per heavy atom. The van der Waals surface area contributed by atoms with E-state index in [0.29, 0.717) is 11.1 Å². The Hall–Kier alpha value is -2.89. The largest absolute Gasteiger partial charge is 0.486 e. The third-order valence-electron chi connectivity index (χ3n) is 3.12. The first-order valence-corrected chi connectivity index (χ1v) is 6.96. The van der Waals surface area contributed by atoms with Gasteiger partial charge in [0.2, 0.25) is 0 Å². The van der Waals surface area contributed by atoms with Crippen molar-refractivity contribution in [3.63, 3.8) is 0 Å². The molecule has 1 amide bonds. The van der Waals surface area contributed by atoms with E-state index in [4.69, 9.17) is 9.57 Å². The van der Waals surface area contributed by atoms with Crippen molar-refractivity contribution in [2.24, 2.45) is 5.16 Å². The highest BCUT2D eigenvalue weighted by Gasteiger charge is 2.17. The number of hydrogen-bond acceptors (Lipinski definition) is 4. The topological polar surface area (TPSA) is 59.9 Å². The summed E-state index contributed by atoms with van der Waals surface area (Å²) in [7, 11) is 2.87. The molecule has 0 saturated carbocycles. The van der Waals surface area contributed by atoms with Crippen LogP contribution in [0.2, 0.25) is 0 Å². The molecule has 0 fully saturated rings. The lowest BCUT2D eigenvalue weighted by atomic mass is 10.0. The molecule has 0 atom stereocenters. The second kappa shape index (κ2) is 7.93. The molecule has 0 aliphatic heterocycles. The molecule has 0 saturated heterocycles. The molecular formula is C17H17FN2O3. The van der Waals surface area contributed by atoms with Crippen molar-refractivity contribution in [1.82, 2.24) is 5.32 Å². The van der Waals surface area contributed by atoms with Crippen LogP contribution in [0.15, 0.2) is 53.7 Å². The Labute approximate surface area is 133 Å². The predicted octanol–water partition coefficient (Wildman–Crippen LogP) is 2.50. The molecule has 0 aromatic heterocycles. The SMILES string of the molecule is CNC(=O)C(=NOC)c1ccccc1COc1ccccc1F. The van der Waals surface area contributed by atoms with Gasteiger partial charge >= 0.3 is 0 Å². The lowest BCUT2D eigenvalue weighted by Gasteiger charge is -2.12. The minimum Gasteiger partial charge on any atom is -0.486 e. The fraction of sp³-hybridized carbons (Fsp3) is 0.176. The van der Waals surface area contributed by atoms with Gasteiger partial charge in [-0.05, 0) is 17.7 Å². The number of hydrogen-bond donors (Lipinski definition) is 1. The average molecular weight is 316 g/mol. The van der Waals surface area contributed by atoms with Crippen molar-refractivity contribution in [3.8, 4) is 5.75 Å². The summed E-state index contributed by atoms with van der Waals surface area (Å²) in [4.78, 5) is 16.7. The summed E-state index contributed by atoms with van der Waals surface area (Å²) in [6, 6.07) is 13.2. The van der Waals surface area contributed by atoms with E-state index >= 15 is 0 Å². The van der Waals surface area contributed by atoms with Gasteiger partial charge in [0.05, 0.1) is 0 Å². The second-order valence-corrected chi connectivity index (χ2v) is 4.58. The molecule has 0 bridgehead atoms. The van der Waals surface area contributed by atoms with E-state index in [1.54, 1.807) is 42.5 Å². The van der Waals surface area contributed by atoms with Gasteiger partial charge in [0.1, 0.15) is 13.7 Å². The molecule has 0 spiro atoms. The predicted molar refractivity (Wildman–Crippen MR) is 84.8 cm³/mol. The molecule has 0 aliphatic carbocycles. The molecule has 5 nitrogen and oxygen atoms in total. The smallest absolute Gasteiger partial charge is 0.273 e. The number of rotatable bonds is 6. The molecule has 6 heteroatoms. The first-order valence-electron chi connectivity index (χ1n) is 6.96. The fourth-order valence-electron chi connectivity index (χ4n) is 2.02. The van der Waals surface area contributed by atoms with E-state index in [0.717, 1.165) is 0 Å². The quantitative estimate of drug-likeness (QED) is 0.658. The van der Waals surface area contributed by atoms with Gasteiger partial charge in [-0.25, -0.2) is 4.39 Å². The van der Waals surface area contributed by atoms with Crippen LogP contribution in [-0.2, 0) is 16.2 Å². The number of amides is 1. The van der Waals surface area contributed by atoms with Crippen LogP contribution in [0, 0.1) is 5.82 Å². The van der Waals surface area contributed by atoms with Gasteiger partial charge in [-0.3, -0.25) is 4.79 Å². The summed E-state index contributed by atoms with van der Waals surface area (Å²) in [5.74, 6) is -0.681. The summed E-state index contributed by atoms with van der Waals surface area (Å²) in [6.07, 6.45) is 0. The molecule has 2 rings (SSSR count). The Morgan fingerprint density at radius 1 is 1.17 bits per heavy atom. The molecule has 0 radical (unpaired) electrons. The number of likely N-dealkylation sites (N-methyl/N-ethyl adjacent to an activating group) is 1. The number of ether oxygens (including phenoxy) is 1. The van der Waals surface area contributed by atoms with Crippen molar-refractivity contribution < 1.29 is 18.8 Å². The summed E-state index contributed by atoms with van der Waals surface area (Å²) in [5, 5.41) is 6.28. The highest BCUT2D eigenvalue weighted by molar-refractivity contribution is 6.45. The van der Waals surface area contributed by atoms with Gasteiger partial charge in [-0.1, -0.05) is 41.6 Å². The van der Waals surface area contributed by atoms with Crippen LogP contribution in [0.3, 0.4) is 0 Å². The number of nitrogens with zero attached hydrogens (tertiary/aromatic N) is 1. The zero-order chi connectivity index (χ0) is 16.7. The van der Waals surface area contributed by atoms with Crippen LogP contribution in [-0.4, -0.2) is 25.8 Å². The molecule has 2 aromatic rings. The summed E-state index contributed by atoms with van der Waals surface area (Å²) in [5.41, 5.74) is 1.38. The van der Waals surface area contributed by atoms with Crippen molar-refractivity contribution >= 4 is 11.6 Å². The van der Waals surface area contributed by atoms with E-state index in [-0.39, 0.29) is 24.0 Å². The molecular weight excluding hydrogens is 299 g/mol. The van der Waals surface area contributed by atoms with E-state index in [2.05, 4.69) is 10.5 Å². The maximum absolute atomic E-state index is 13.6. The Morgan fingerprint density at radius 3 is 2.57 bits per heavy atom. The van der Waals surface area contributed by atoms with E-state index in [1.807, 2.05) is 0 Å². The van der Waals surface area contributed by atoms with E-state index < -0.39 is 5.82 Å². The number of halogens is 1. The van der Waals surface area contributed by atoms with Crippen LogP contribution in [0.25, 0.3) is 0 Å². The second-order valence-electron chi connectivity index (χ2n) is 4.58. The zero-order valence-corrected chi connectivity index (χ0v) is 12.9. The third kappa shape index (κ3) is 4.06. The minimum absolute atomic E-state index is 0.0941.